The van der Waals surface area contributed by atoms with Crippen LogP contribution < -0.4 is 16.0 Å². The highest BCUT2D eigenvalue weighted by Gasteiger charge is 2.31. The molecule has 0 unspecified atom stereocenters. The molecule has 0 spiro atoms. The molecule has 5 heteroatoms. The van der Waals surface area contributed by atoms with Crippen molar-refractivity contribution in [2.45, 2.75) is 18.9 Å². The normalized spacial score (nSPS) is 19.9. The van der Waals surface area contributed by atoms with Gasteiger partial charge in [0.15, 0.2) is 0 Å². The molecule has 1 aliphatic heterocycles. The number of amides is 2. The minimum Gasteiger partial charge on any atom is -0.387 e. The SMILES string of the molecule is Cc1ccccc1-c1cccc(NC(=O)NC[C@@]2(O)CCNC2)c1. The zero-order chi connectivity index (χ0) is 17.0. The Kier molecular flexibility index (Phi) is 4.83. The number of carbonyl (C=O) groups is 1. The van der Waals surface area contributed by atoms with E-state index in [1.807, 2.05) is 36.4 Å². The van der Waals surface area contributed by atoms with Gasteiger partial charge in [-0.05, 0) is 48.7 Å². The number of hydrogen-bond donors (Lipinski definition) is 4. The number of aliphatic hydroxyl groups is 1. The summed E-state index contributed by atoms with van der Waals surface area (Å²) in [6, 6.07) is 15.6. The van der Waals surface area contributed by atoms with Crippen molar-refractivity contribution < 1.29 is 9.90 Å². The average Bonchev–Trinajstić information content (AvgIpc) is 3.01. The van der Waals surface area contributed by atoms with E-state index in [0.29, 0.717) is 13.0 Å². The van der Waals surface area contributed by atoms with Crippen molar-refractivity contribution in [2.75, 3.05) is 25.0 Å². The summed E-state index contributed by atoms with van der Waals surface area (Å²) in [6.07, 6.45) is 0.649. The van der Waals surface area contributed by atoms with Gasteiger partial charge in [-0.15, -0.1) is 0 Å². The predicted molar refractivity (Wildman–Crippen MR) is 96.1 cm³/mol. The lowest BCUT2D eigenvalue weighted by atomic mass is 10.0. The summed E-state index contributed by atoms with van der Waals surface area (Å²) in [4.78, 5) is 12.1. The lowest BCUT2D eigenvalue weighted by molar-refractivity contribution is 0.0640. The Labute approximate surface area is 142 Å². The molecule has 0 aliphatic carbocycles. The third kappa shape index (κ3) is 3.93. The molecule has 2 aromatic rings. The van der Waals surface area contributed by atoms with Gasteiger partial charge in [0.2, 0.25) is 0 Å². The molecular weight excluding hydrogens is 302 g/mol. The fraction of sp³-hybridized carbons (Fsp3) is 0.316. The molecule has 0 saturated carbocycles. The highest BCUT2D eigenvalue weighted by molar-refractivity contribution is 5.90. The maximum absolute atomic E-state index is 12.1. The van der Waals surface area contributed by atoms with Gasteiger partial charge in [0.05, 0.1) is 5.60 Å². The molecule has 5 nitrogen and oxygen atoms in total. The monoisotopic (exact) mass is 325 g/mol. The van der Waals surface area contributed by atoms with Crippen molar-refractivity contribution in [3.63, 3.8) is 0 Å². The lowest BCUT2D eigenvalue weighted by Crippen LogP contribution is -2.45. The van der Waals surface area contributed by atoms with E-state index in [2.05, 4.69) is 35.0 Å². The van der Waals surface area contributed by atoms with Crippen LogP contribution in [-0.2, 0) is 0 Å². The van der Waals surface area contributed by atoms with Crippen LogP contribution in [0.15, 0.2) is 48.5 Å². The largest absolute Gasteiger partial charge is 0.387 e. The first-order chi connectivity index (χ1) is 11.6. The zero-order valence-corrected chi connectivity index (χ0v) is 13.8. The molecule has 1 atom stereocenters. The van der Waals surface area contributed by atoms with Crippen LogP contribution in [-0.4, -0.2) is 36.4 Å². The first-order valence-corrected chi connectivity index (χ1v) is 8.20. The standard InChI is InChI=1S/C19H23N3O2/c1-14-5-2-3-8-17(14)15-6-4-7-16(11-15)22-18(23)21-13-19(24)9-10-20-12-19/h2-8,11,20,24H,9-10,12-13H2,1H3,(H2,21,22,23)/t19-/m1/s1. The van der Waals surface area contributed by atoms with Crippen molar-refractivity contribution >= 4 is 11.7 Å². The van der Waals surface area contributed by atoms with Gasteiger partial charge >= 0.3 is 6.03 Å². The highest BCUT2D eigenvalue weighted by atomic mass is 16.3. The fourth-order valence-electron chi connectivity index (χ4n) is 2.96. The van der Waals surface area contributed by atoms with Gasteiger partial charge in [-0.1, -0.05) is 36.4 Å². The molecule has 1 saturated heterocycles. The molecule has 0 aromatic heterocycles. The number of benzene rings is 2. The van der Waals surface area contributed by atoms with Crippen LogP contribution in [0.2, 0.25) is 0 Å². The Balaban J connectivity index is 1.64. The van der Waals surface area contributed by atoms with Gasteiger partial charge in [0.25, 0.3) is 0 Å². The smallest absolute Gasteiger partial charge is 0.319 e. The summed E-state index contributed by atoms with van der Waals surface area (Å²) < 4.78 is 0. The summed E-state index contributed by atoms with van der Waals surface area (Å²) in [5.74, 6) is 0. The van der Waals surface area contributed by atoms with E-state index in [9.17, 15) is 9.90 Å². The molecule has 126 valence electrons. The van der Waals surface area contributed by atoms with Gasteiger partial charge in [-0.25, -0.2) is 4.79 Å². The van der Waals surface area contributed by atoms with Gasteiger partial charge in [-0.2, -0.15) is 0 Å². The van der Waals surface area contributed by atoms with Gasteiger partial charge in [0.1, 0.15) is 0 Å². The summed E-state index contributed by atoms with van der Waals surface area (Å²) in [5.41, 5.74) is 3.28. The Morgan fingerprint density at radius 1 is 1.25 bits per heavy atom. The van der Waals surface area contributed by atoms with Crippen LogP contribution in [0, 0.1) is 6.92 Å². The van der Waals surface area contributed by atoms with Crippen LogP contribution in [0.4, 0.5) is 10.5 Å². The second kappa shape index (κ2) is 7.03. The van der Waals surface area contributed by atoms with E-state index in [-0.39, 0.29) is 12.6 Å². The predicted octanol–water partition coefficient (Wildman–Crippen LogP) is 2.51. The van der Waals surface area contributed by atoms with E-state index >= 15 is 0 Å². The molecule has 0 radical (unpaired) electrons. The maximum atomic E-state index is 12.1. The van der Waals surface area contributed by atoms with Crippen LogP contribution in [0.5, 0.6) is 0 Å². The summed E-state index contributed by atoms with van der Waals surface area (Å²) in [6.45, 7) is 3.59. The molecular formula is C19H23N3O2. The minimum atomic E-state index is -0.847. The zero-order valence-electron chi connectivity index (χ0n) is 13.8. The molecule has 2 aromatic carbocycles. The highest BCUT2D eigenvalue weighted by Crippen LogP contribution is 2.25. The van der Waals surface area contributed by atoms with E-state index < -0.39 is 5.60 Å². The summed E-state index contributed by atoms with van der Waals surface area (Å²) >= 11 is 0. The number of hydrogen-bond acceptors (Lipinski definition) is 3. The molecule has 0 bridgehead atoms. The third-order valence-corrected chi connectivity index (χ3v) is 4.38. The van der Waals surface area contributed by atoms with Crippen LogP contribution in [0.25, 0.3) is 11.1 Å². The second-order valence-corrected chi connectivity index (χ2v) is 6.35. The van der Waals surface area contributed by atoms with Crippen LogP contribution in [0.3, 0.4) is 0 Å². The summed E-state index contributed by atoms with van der Waals surface area (Å²) in [5, 5.41) is 18.9. The van der Waals surface area contributed by atoms with Gasteiger partial charge in [-0.3, -0.25) is 0 Å². The first kappa shape index (κ1) is 16.5. The number of rotatable bonds is 4. The van der Waals surface area contributed by atoms with E-state index in [4.69, 9.17) is 0 Å². The van der Waals surface area contributed by atoms with Crippen molar-refractivity contribution in [1.29, 1.82) is 0 Å². The van der Waals surface area contributed by atoms with E-state index in [1.165, 1.54) is 5.56 Å². The van der Waals surface area contributed by atoms with Crippen LogP contribution >= 0.6 is 0 Å². The van der Waals surface area contributed by atoms with Crippen molar-refractivity contribution in [3.8, 4) is 11.1 Å². The molecule has 1 aliphatic rings. The Morgan fingerprint density at radius 2 is 2.08 bits per heavy atom. The quantitative estimate of drug-likeness (QED) is 0.698. The lowest BCUT2D eigenvalue weighted by Gasteiger charge is -2.21. The molecule has 1 fully saturated rings. The molecule has 1 heterocycles. The van der Waals surface area contributed by atoms with Crippen LogP contribution in [0.1, 0.15) is 12.0 Å². The number of nitrogens with one attached hydrogen (secondary N) is 3. The number of anilines is 1. The third-order valence-electron chi connectivity index (χ3n) is 4.38. The van der Waals surface area contributed by atoms with Crippen molar-refractivity contribution in [2.24, 2.45) is 0 Å². The van der Waals surface area contributed by atoms with Crippen molar-refractivity contribution in [1.82, 2.24) is 10.6 Å². The molecule has 24 heavy (non-hydrogen) atoms. The first-order valence-electron chi connectivity index (χ1n) is 8.20. The number of aryl methyl sites for hydroxylation is 1. The molecule has 4 N–H and O–H groups in total. The second-order valence-electron chi connectivity index (χ2n) is 6.35. The Bertz CT molecular complexity index is 724. The minimum absolute atomic E-state index is 0.239. The number of carbonyl (C=O) groups excluding carboxylic acids is 1. The van der Waals surface area contributed by atoms with Gasteiger partial charge in [0, 0.05) is 18.8 Å². The average molecular weight is 325 g/mol. The van der Waals surface area contributed by atoms with Crippen molar-refractivity contribution in [3.05, 3.63) is 54.1 Å². The fourth-order valence-corrected chi connectivity index (χ4v) is 2.96. The molecule has 3 rings (SSSR count). The van der Waals surface area contributed by atoms with E-state index in [0.717, 1.165) is 23.4 Å². The topological polar surface area (TPSA) is 73.4 Å². The number of β-amino-alcohol motifs (C(OH)–C–C–N with tert-alkyl or cyclic N) is 1. The van der Waals surface area contributed by atoms with E-state index in [1.54, 1.807) is 0 Å². The van der Waals surface area contributed by atoms with Gasteiger partial charge < -0.3 is 21.1 Å². The Morgan fingerprint density at radius 3 is 2.83 bits per heavy atom. The maximum Gasteiger partial charge on any atom is 0.319 e. The molecule has 2 amide bonds. The Hall–Kier alpha value is -2.37. The summed E-state index contributed by atoms with van der Waals surface area (Å²) in [7, 11) is 0. The number of urea groups is 1.